The Morgan fingerprint density at radius 2 is 2.24 bits per heavy atom. The maximum atomic E-state index is 11.9. The van der Waals surface area contributed by atoms with Crippen LogP contribution in [0, 0.1) is 5.41 Å². The molecule has 4 nitrogen and oxygen atoms in total. The van der Waals surface area contributed by atoms with E-state index in [4.69, 9.17) is 10.5 Å². The minimum atomic E-state index is -0.113. The molecule has 0 radical (unpaired) electrons. The molecule has 1 amide bonds. The van der Waals surface area contributed by atoms with Gasteiger partial charge in [-0.05, 0) is 30.4 Å². The highest BCUT2D eigenvalue weighted by Crippen LogP contribution is 2.44. The molecule has 1 aliphatic carbocycles. The molecule has 92 valence electrons. The average Bonchev–Trinajstić information content (AvgIpc) is 3.05. The maximum absolute atomic E-state index is 11.9. The predicted molar refractivity (Wildman–Crippen MR) is 67.1 cm³/mol. The van der Waals surface area contributed by atoms with E-state index >= 15 is 0 Å². The standard InChI is InChI=1S/C13H18N2O2/c1-13(5-6-13)8-15-12(16)10-4-3-9(17-2)7-11(10)14/h3-4,7H,5-6,8,14H2,1-2H3,(H,15,16). The molecule has 3 N–H and O–H groups in total. The van der Waals surface area contributed by atoms with Gasteiger partial charge in [0.05, 0.1) is 12.7 Å². The number of benzene rings is 1. The molecule has 0 bridgehead atoms. The number of carbonyl (C=O) groups is 1. The summed E-state index contributed by atoms with van der Waals surface area (Å²) in [6.07, 6.45) is 2.37. The number of nitrogens with two attached hydrogens (primary N) is 1. The van der Waals surface area contributed by atoms with Gasteiger partial charge in [-0.15, -0.1) is 0 Å². The summed E-state index contributed by atoms with van der Waals surface area (Å²) in [6.45, 7) is 2.89. The summed E-state index contributed by atoms with van der Waals surface area (Å²) >= 11 is 0. The van der Waals surface area contributed by atoms with Crippen molar-refractivity contribution >= 4 is 11.6 Å². The van der Waals surface area contributed by atoms with E-state index in [0.29, 0.717) is 22.4 Å². The lowest BCUT2D eigenvalue weighted by molar-refractivity contribution is 0.0947. The second kappa shape index (κ2) is 4.28. The Kier molecular flexibility index (Phi) is 2.96. The average molecular weight is 234 g/mol. The van der Waals surface area contributed by atoms with Gasteiger partial charge in [0.25, 0.3) is 5.91 Å². The Hall–Kier alpha value is -1.71. The van der Waals surface area contributed by atoms with E-state index in [0.717, 1.165) is 6.54 Å². The highest BCUT2D eigenvalue weighted by atomic mass is 16.5. The molecule has 1 aliphatic rings. The van der Waals surface area contributed by atoms with Crippen molar-refractivity contribution in [2.24, 2.45) is 5.41 Å². The van der Waals surface area contributed by atoms with Gasteiger partial charge in [0.2, 0.25) is 0 Å². The number of ether oxygens (including phenoxy) is 1. The molecule has 1 saturated carbocycles. The number of methoxy groups -OCH3 is 1. The van der Waals surface area contributed by atoms with Gasteiger partial charge < -0.3 is 15.8 Å². The van der Waals surface area contributed by atoms with Crippen LogP contribution in [0.25, 0.3) is 0 Å². The van der Waals surface area contributed by atoms with Gasteiger partial charge in [0, 0.05) is 18.3 Å². The van der Waals surface area contributed by atoms with Crippen molar-refractivity contribution in [1.29, 1.82) is 0 Å². The van der Waals surface area contributed by atoms with Crippen molar-refractivity contribution in [1.82, 2.24) is 5.32 Å². The lowest BCUT2D eigenvalue weighted by Gasteiger charge is -2.12. The van der Waals surface area contributed by atoms with E-state index in [1.807, 2.05) is 0 Å². The summed E-state index contributed by atoms with van der Waals surface area (Å²) in [5.74, 6) is 0.548. The molecular weight excluding hydrogens is 216 g/mol. The second-order valence-electron chi connectivity index (χ2n) is 4.95. The van der Waals surface area contributed by atoms with Crippen molar-refractivity contribution in [3.05, 3.63) is 23.8 Å². The van der Waals surface area contributed by atoms with Crippen LogP contribution in [-0.2, 0) is 0 Å². The van der Waals surface area contributed by atoms with Crippen LogP contribution >= 0.6 is 0 Å². The maximum Gasteiger partial charge on any atom is 0.253 e. The lowest BCUT2D eigenvalue weighted by atomic mass is 10.1. The monoisotopic (exact) mass is 234 g/mol. The Bertz CT molecular complexity index is 439. The number of hydrogen-bond donors (Lipinski definition) is 2. The van der Waals surface area contributed by atoms with Gasteiger partial charge in [0.1, 0.15) is 5.75 Å². The minimum absolute atomic E-state index is 0.113. The normalized spacial score (nSPS) is 16.4. The van der Waals surface area contributed by atoms with Gasteiger partial charge in [0.15, 0.2) is 0 Å². The van der Waals surface area contributed by atoms with Crippen LogP contribution in [0.15, 0.2) is 18.2 Å². The second-order valence-corrected chi connectivity index (χ2v) is 4.95. The first-order chi connectivity index (χ1) is 8.04. The fourth-order valence-electron chi connectivity index (χ4n) is 1.65. The highest BCUT2D eigenvalue weighted by molar-refractivity contribution is 5.99. The molecule has 0 aromatic heterocycles. The summed E-state index contributed by atoms with van der Waals surface area (Å²) in [6, 6.07) is 5.09. The zero-order valence-electron chi connectivity index (χ0n) is 10.2. The molecule has 0 spiro atoms. The molecule has 17 heavy (non-hydrogen) atoms. The largest absolute Gasteiger partial charge is 0.497 e. The first-order valence-corrected chi connectivity index (χ1v) is 5.76. The van der Waals surface area contributed by atoms with Crippen LogP contribution < -0.4 is 15.8 Å². The number of amides is 1. The molecule has 0 heterocycles. The molecule has 0 atom stereocenters. The molecule has 1 aromatic carbocycles. The van der Waals surface area contributed by atoms with Gasteiger partial charge >= 0.3 is 0 Å². The van der Waals surface area contributed by atoms with E-state index < -0.39 is 0 Å². The molecule has 4 heteroatoms. The number of carbonyl (C=O) groups excluding carboxylic acids is 1. The van der Waals surface area contributed by atoms with Crippen molar-refractivity contribution in [3.8, 4) is 5.75 Å². The van der Waals surface area contributed by atoms with Crippen LogP contribution in [0.2, 0.25) is 0 Å². The fraction of sp³-hybridized carbons (Fsp3) is 0.462. The number of rotatable bonds is 4. The van der Waals surface area contributed by atoms with Crippen LogP contribution in [0.5, 0.6) is 5.75 Å². The summed E-state index contributed by atoms with van der Waals surface area (Å²) < 4.78 is 5.04. The first kappa shape index (κ1) is 11.8. The number of nitrogen functional groups attached to an aromatic ring is 1. The molecule has 1 fully saturated rings. The quantitative estimate of drug-likeness (QED) is 0.781. The van der Waals surface area contributed by atoms with E-state index in [1.54, 1.807) is 25.3 Å². The predicted octanol–water partition coefficient (Wildman–Crippen LogP) is 1.81. The van der Waals surface area contributed by atoms with Crippen molar-refractivity contribution in [2.75, 3.05) is 19.4 Å². The molecule has 0 saturated heterocycles. The van der Waals surface area contributed by atoms with Crippen LogP contribution in [0.3, 0.4) is 0 Å². The van der Waals surface area contributed by atoms with Crippen molar-refractivity contribution < 1.29 is 9.53 Å². The number of nitrogens with one attached hydrogen (secondary N) is 1. The van der Waals surface area contributed by atoms with Crippen molar-refractivity contribution in [3.63, 3.8) is 0 Å². The van der Waals surface area contributed by atoms with E-state index in [1.165, 1.54) is 12.8 Å². The van der Waals surface area contributed by atoms with Crippen LogP contribution in [0.1, 0.15) is 30.1 Å². The summed E-state index contributed by atoms with van der Waals surface area (Å²) in [4.78, 5) is 11.9. The topological polar surface area (TPSA) is 64.3 Å². The van der Waals surface area contributed by atoms with Gasteiger partial charge in [-0.2, -0.15) is 0 Å². The summed E-state index contributed by atoms with van der Waals surface area (Å²) in [5, 5.41) is 2.92. The Balaban J connectivity index is 2.03. The SMILES string of the molecule is COc1ccc(C(=O)NCC2(C)CC2)c(N)c1. The third-order valence-electron chi connectivity index (χ3n) is 3.28. The Labute approximate surface area is 101 Å². The van der Waals surface area contributed by atoms with E-state index in [-0.39, 0.29) is 5.91 Å². The molecule has 1 aromatic rings. The number of anilines is 1. The molecule has 0 unspecified atom stereocenters. The zero-order chi connectivity index (χ0) is 12.5. The highest BCUT2D eigenvalue weighted by Gasteiger charge is 2.37. The van der Waals surface area contributed by atoms with Gasteiger partial charge in [-0.25, -0.2) is 0 Å². The third kappa shape index (κ3) is 2.70. The van der Waals surface area contributed by atoms with Crippen molar-refractivity contribution in [2.45, 2.75) is 19.8 Å². The fourth-order valence-corrected chi connectivity index (χ4v) is 1.65. The van der Waals surface area contributed by atoms with Gasteiger partial charge in [-0.1, -0.05) is 6.92 Å². The number of hydrogen-bond acceptors (Lipinski definition) is 3. The Morgan fingerprint density at radius 1 is 1.53 bits per heavy atom. The van der Waals surface area contributed by atoms with Crippen LogP contribution in [0.4, 0.5) is 5.69 Å². The zero-order valence-corrected chi connectivity index (χ0v) is 10.2. The molecule has 0 aliphatic heterocycles. The van der Waals surface area contributed by atoms with E-state index in [9.17, 15) is 4.79 Å². The molecule has 2 rings (SSSR count). The van der Waals surface area contributed by atoms with Crippen LogP contribution in [-0.4, -0.2) is 19.6 Å². The van der Waals surface area contributed by atoms with Gasteiger partial charge in [-0.3, -0.25) is 4.79 Å². The summed E-state index contributed by atoms with van der Waals surface area (Å²) in [7, 11) is 1.57. The first-order valence-electron chi connectivity index (χ1n) is 5.76. The molecular formula is C13H18N2O2. The summed E-state index contributed by atoms with van der Waals surface area (Å²) in [5.41, 5.74) is 7.07. The minimum Gasteiger partial charge on any atom is -0.497 e. The lowest BCUT2D eigenvalue weighted by Crippen LogP contribution is -2.29. The Morgan fingerprint density at radius 3 is 2.76 bits per heavy atom. The van der Waals surface area contributed by atoms with E-state index in [2.05, 4.69) is 12.2 Å². The smallest absolute Gasteiger partial charge is 0.253 e. The third-order valence-corrected chi connectivity index (χ3v) is 3.28.